The summed E-state index contributed by atoms with van der Waals surface area (Å²) >= 11 is 0. The fraction of sp³-hybridized carbons (Fsp3) is 0.286. The number of fused-ring (bicyclic) bond motifs is 3. The minimum atomic E-state index is -0.258. The summed E-state index contributed by atoms with van der Waals surface area (Å²) in [7, 11) is 0. The van der Waals surface area contributed by atoms with Gasteiger partial charge in [0.1, 0.15) is 23.2 Å². The highest BCUT2D eigenvalue weighted by molar-refractivity contribution is 6.10. The zero-order valence-corrected chi connectivity index (χ0v) is 20.5. The van der Waals surface area contributed by atoms with Gasteiger partial charge < -0.3 is 5.11 Å². The van der Waals surface area contributed by atoms with Gasteiger partial charge in [-0.2, -0.15) is 0 Å². The van der Waals surface area contributed by atoms with Crippen LogP contribution in [-0.2, 0) is 10.8 Å². The Morgan fingerprint density at radius 1 is 0.706 bits per heavy atom. The first-order chi connectivity index (χ1) is 16.0. The number of rotatable bonds is 2. The predicted octanol–water partition coefficient (Wildman–Crippen LogP) is 6.33. The van der Waals surface area contributed by atoms with Crippen LogP contribution >= 0.6 is 0 Å². The summed E-state index contributed by atoms with van der Waals surface area (Å²) in [6, 6.07) is 17.8. The molecule has 5 rings (SSSR count). The number of pyridine rings is 1. The van der Waals surface area contributed by atoms with Crippen molar-refractivity contribution in [3.8, 4) is 23.0 Å². The van der Waals surface area contributed by atoms with Gasteiger partial charge in [0.2, 0.25) is 0 Å². The van der Waals surface area contributed by atoms with Crippen molar-refractivity contribution in [2.45, 2.75) is 52.4 Å². The molecule has 0 radical (unpaired) electrons. The van der Waals surface area contributed by atoms with Crippen molar-refractivity contribution in [1.29, 1.82) is 0 Å². The van der Waals surface area contributed by atoms with E-state index >= 15 is 0 Å². The molecule has 0 spiro atoms. The average Bonchev–Trinajstić information content (AvgIpc) is 3.10. The minimum absolute atomic E-state index is 0.124. The van der Waals surface area contributed by atoms with E-state index in [4.69, 9.17) is 15.0 Å². The Balaban J connectivity index is 1.83. The van der Waals surface area contributed by atoms with Crippen LogP contribution in [0.1, 0.15) is 53.2 Å². The van der Waals surface area contributed by atoms with Crippen LogP contribution in [-0.4, -0.2) is 29.6 Å². The monoisotopic (exact) mass is 451 g/mol. The van der Waals surface area contributed by atoms with Gasteiger partial charge in [-0.05, 0) is 24.3 Å². The Morgan fingerprint density at radius 2 is 1.35 bits per heavy atom. The fourth-order valence-electron chi connectivity index (χ4n) is 4.08. The third-order valence-electron chi connectivity index (χ3n) is 5.89. The van der Waals surface area contributed by atoms with Crippen LogP contribution in [0.5, 0.6) is 5.75 Å². The van der Waals surface area contributed by atoms with Crippen molar-refractivity contribution in [1.82, 2.24) is 24.5 Å². The Labute approximate surface area is 199 Å². The van der Waals surface area contributed by atoms with E-state index in [1.807, 2.05) is 36.4 Å². The number of benzene rings is 2. The molecule has 0 aliphatic carbocycles. The van der Waals surface area contributed by atoms with E-state index in [9.17, 15) is 5.11 Å². The largest absolute Gasteiger partial charge is 0.507 e. The molecule has 0 amide bonds. The summed E-state index contributed by atoms with van der Waals surface area (Å²) < 4.78 is 2.07. The molecule has 5 aromatic rings. The van der Waals surface area contributed by atoms with E-state index < -0.39 is 0 Å². The smallest absolute Gasteiger partial charge is 0.167 e. The number of nitrogens with zero attached hydrogens (tertiary/aromatic N) is 5. The van der Waals surface area contributed by atoms with E-state index in [0.717, 1.165) is 27.6 Å². The summed E-state index contributed by atoms with van der Waals surface area (Å²) in [5.74, 6) is 2.82. The molecule has 34 heavy (non-hydrogen) atoms. The minimum Gasteiger partial charge on any atom is -0.507 e. The SMILES string of the molecule is CC(C)(C)c1nc(-c2cc3c4ccccc4n(-c4ccccn4)c3cc2O)nc(C(C)(C)C)n1. The van der Waals surface area contributed by atoms with Gasteiger partial charge in [0.25, 0.3) is 0 Å². The molecule has 1 N–H and O–H groups in total. The highest BCUT2D eigenvalue weighted by atomic mass is 16.3. The quantitative estimate of drug-likeness (QED) is 0.339. The lowest BCUT2D eigenvalue weighted by atomic mass is 9.93. The normalized spacial score (nSPS) is 12.5. The molecule has 0 saturated heterocycles. The van der Waals surface area contributed by atoms with Crippen LogP contribution in [0.3, 0.4) is 0 Å². The van der Waals surface area contributed by atoms with E-state index in [0.29, 0.717) is 23.0 Å². The molecule has 0 atom stereocenters. The average molecular weight is 452 g/mol. The highest BCUT2D eigenvalue weighted by Gasteiger charge is 2.26. The molecule has 172 valence electrons. The third kappa shape index (κ3) is 3.69. The second kappa shape index (κ2) is 7.62. The van der Waals surface area contributed by atoms with Crippen molar-refractivity contribution in [2.24, 2.45) is 0 Å². The lowest BCUT2D eigenvalue weighted by Crippen LogP contribution is -2.24. The second-order valence-electron chi connectivity index (χ2n) is 10.7. The first kappa shape index (κ1) is 22.0. The van der Waals surface area contributed by atoms with Gasteiger partial charge in [-0.25, -0.2) is 19.9 Å². The molecule has 6 heteroatoms. The van der Waals surface area contributed by atoms with Gasteiger partial charge in [-0.1, -0.05) is 65.8 Å². The third-order valence-corrected chi connectivity index (χ3v) is 5.89. The first-order valence-corrected chi connectivity index (χ1v) is 11.5. The molecular formula is C28H29N5O. The Morgan fingerprint density at radius 3 is 1.97 bits per heavy atom. The van der Waals surface area contributed by atoms with Crippen LogP contribution < -0.4 is 0 Å². The molecule has 0 unspecified atom stereocenters. The number of phenolic OH excluding ortho intramolecular Hbond substituents is 1. The number of aromatic nitrogens is 5. The van der Waals surface area contributed by atoms with Crippen molar-refractivity contribution in [2.75, 3.05) is 0 Å². The number of para-hydroxylation sites is 1. The van der Waals surface area contributed by atoms with E-state index in [1.165, 1.54) is 0 Å². The summed E-state index contributed by atoms with van der Waals surface area (Å²) in [6.07, 6.45) is 1.77. The van der Waals surface area contributed by atoms with E-state index in [2.05, 4.69) is 63.2 Å². The lowest BCUT2D eigenvalue weighted by molar-refractivity contribution is 0.475. The van der Waals surface area contributed by atoms with Crippen molar-refractivity contribution >= 4 is 21.8 Å². The van der Waals surface area contributed by atoms with Crippen LogP contribution in [0.25, 0.3) is 39.0 Å². The first-order valence-electron chi connectivity index (χ1n) is 11.5. The van der Waals surface area contributed by atoms with Crippen LogP contribution in [0.4, 0.5) is 0 Å². The summed E-state index contributed by atoms with van der Waals surface area (Å²) in [5.41, 5.74) is 1.98. The van der Waals surface area contributed by atoms with E-state index in [1.54, 1.807) is 12.3 Å². The summed E-state index contributed by atoms with van der Waals surface area (Å²) in [5, 5.41) is 13.3. The number of aromatic hydroxyl groups is 1. The Hall–Kier alpha value is -3.80. The number of phenols is 1. The molecule has 2 aromatic carbocycles. The molecule has 0 aliphatic rings. The Kier molecular flexibility index (Phi) is 4.93. The maximum absolute atomic E-state index is 11.2. The molecule has 3 aromatic heterocycles. The van der Waals surface area contributed by atoms with Crippen molar-refractivity contribution < 1.29 is 5.11 Å². The number of hydrogen-bond donors (Lipinski definition) is 1. The second-order valence-corrected chi connectivity index (χ2v) is 10.7. The van der Waals surface area contributed by atoms with Crippen LogP contribution in [0.15, 0.2) is 60.8 Å². The predicted molar refractivity (Wildman–Crippen MR) is 136 cm³/mol. The maximum atomic E-state index is 11.2. The van der Waals surface area contributed by atoms with Gasteiger partial charge in [0, 0.05) is 33.9 Å². The molecular weight excluding hydrogens is 422 g/mol. The van der Waals surface area contributed by atoms with Gasteiger partial charge in [-0.15, -0.1) is 0 Å². The van der Waals surface area contributed by atoms with Crippen molar-refractivity contribution in [3.63, 3.8) is 0 Å². The van der Waals surface area contributed by atoms with Crippen molar-refractivity contribution in [3.05, 3.63) is 72.4 Å². The van der Waals surface area contributed by atoms with Gasteiger partial charge in [0.05, 0.1) is 16.6 Å². The van der Waals surface area contributed by atoms with E-state index in [-0.39, 0.29) is 16.6 Å². The standard InChI is InChI=1S/C28H29N5O/c1-27(2,3)25-30-24(31-26(32-25)28(4,5)6)19-15-18-17-11-7-8-12-20(17)33(21(18)16-22(19)34)23-13-9-10-14-29-23/h7-16,34H,1-6H3. The van der Waals surface area contributed by atoms with Gasteiger partial charge in [-0.3, -0.25) is 4.57 Å². The lowest BCUT2D eigenvalue weighted by Gasteiger charge is -2.23. The fourth-order valence-corrected chi connectivity index (χ4v) is 4.08. The zero-order valence-electron chi connectivity index (χ0n) is 20.5. The summed E-state index contributed by atoms with van der Waals surface area (Å²) in [6.45, 7) is 12.5. The van der Waals surface area contributed by atoms with Gasteiger partial charge in [0.15, 0.2) is 5.82 Å². The highest BCUT2D eigenvalue weighted by Crippen LogP contribution is 2.39. The molecule has 6 nitrogen and oxygen atoms in total. The Bertz CT molecular complexity index is 1490. The molecule has 0 saturated carbocycles. The molecule has 0 fully saturated rings. The number of hydrogen-bond acceptors (Lipinski definition) is 5. The van der Waals surface area contributed by atoms with Crippen LogP contribution in [0, 0.1) is 0 Å². The molecule has 3 heterocycles. The summed E-state index contributed by atoms with van der Waals surface area (Å²) in [4.78, 5) is 18.9. The molecule has 0 bridgehead atoms. The zero-order chi connectivity index (χ0) is 24.3. The van der Waals surface area contributed by atoms with Crippen LogP contribution in [0.2, 0.25) is 0 Å². The topological polar surface area (TPSA) is 76.7 Å². The molecule has 0 aliphatic heterocycles. The maximum Gasteiger partial charge on any atom is 0.167 e. The van der Waals surface area contributed by atoms with Gasteiger partial charge >= 0.3 is 0 Å².